The fraction of sp³-hybridized carbons (Fsp3) is 0.440. The van der Waals surface area contributed by atoms with Crippen LogP contribution in [0, 0.1) is 13.8 Å². The number of anilines is 1. The molecule has 5 rings (SSSR count). The quantitative estimate of drug-likeness (QED) is 0.525. The maximum absolute atomic E-state index is 13.5. The summed E-state index contributed by atoms with van der Waals surface area (Å²) in [6, 6.07) is 10.00. The number of rotatable bonds is 7. The van der Waals surface area contributed by atoms with Crippen LogP contribution in [-0.4, -0.2) is 62.0 Å². The van der Waals surface area contributed by atoms with Gasteiger partial charge in [0.1, 0.15) is 0 Å². The number of morpholine rings is 1. The van der Waals surface area contributed by atoms with E-state index in [1.807, 2.05) is 23.1 Å². The highest BCUT2D eigenvalue weighted by Crippen LogP contribution is 2.34. The Morgan fingerprint density at radius 2 is 1.94 bits per heavy atom. The lowest BCUT2D eigenvalue weighted by molar-refractivity contribution is -0.118. The highest BCUT2D eigenvalue weighted by atomic mass is 32.1. The average Bonchev–Trinajstić information content (AvgIpc) is 3.44. The van der Waals surface area contributed by atoms with Crippen LogP contribution in [0.25, 0.3) is 10.2 Å². The Hall–Kier alpha value is -2.68. The van der Waals surface area contributed by atoms with Crippen molar-refractivity contribution in [2.45, 2.75) is 26.7 Å². The minimum Gasteiger partial charge on any atom is -0.454 e. The lowest BCUT2D eigenvalue weighted by atomic mass is 10.1. The summed E-state index contributed by atoms with van der Waals surface area (Å²) in [5, 5.41) is 0.770. The number of carbonyl (C=O) groups is 1. The Balaban J connectivity index is 1.36. The molecular formula is C25H29N3O4S. The Morgan fingerprint density at radius 1 is 1.12 bits per heavy atom. The van der Waals surface area contributed by atoms with Crippen LogP contribution in [0.1, 0.15) is 23.1 Å². The number of carbonyl (C=O) groups excluding carboxylic acids is 1. The molecule has 174 valence electrons. The molecule has 1 fully saturated rings. The third kappa shape index (κ3) is 4.98. The van der Waals surface area contributed by atoms with Crippen molar-refractivity contribution in [3.63, 3.8) is 0 Å². The maximum atomic E-state index is 13.5. The summed E-state index contributed by atoms with van der Waals surface area (Å²) in [4.78, 5) is 22.7. The lowest BCUT2D eigenvalue weighted by Gasteiger charge is -2.27. The number of ether oxygens (including phenoxy) is 3. The number of amides is 1. The van der Waals surface area contributed by atoms with Gasteiger partial charge in [0.05, 0.1) is 29.9 Å². The third-order valence-corrected chi connectivity index (χ3v) is 7.13. The highest BCUT2D eigenvalue weighted by molar-refractivity contribution is 7.22. The normalized spacial score (nSPS) is 15.8. The number of hydrogen-bond donors (Lipinski definition) is 0. The van der Waals surface area contributed by atoms with E-state index < -0.39 is 0 Å². The van der Waals surface area contributed by atoms with Crippen molar-refractivity contribution < 1.29 is 19.0 Å². The number of aryl methyl sites for hydroxylation is 2. The number of nitrogens with zero attached hydrogens (tertiary/aromatic N) is 3. The Morgan fingerprint density at radius 3 is 2.79 bits per heavy atom. The zero-order chi connectivity index (χ0) is 22.8. The molecule has 7 nitrogen and oxygen atoms in total. The Bertz CT molecular complexity index is 1160. The van der Waals surface area contributed by atoms with E-state index in [0.29, 0.717) is 18.7 Å². The molecule has 3 heterocycles. The molecule has 2 aromatic carbocycles. The second kappa shape index (κ2) is 9.67. The molecule has 1 saturated heterocycles. The zero-order valence-electron chi connectivity index (χ0n) is 19.1. The zero-order valence-corrected chi connectivity index (χ0v) is 20.0. The number of thiazole rings is 1. The van der Waals surface area contributed by atoms with E-state index in [4.69, 9.17) is 19.2 Å². The van der Waals surface area contributed by atoms with Gasteiger partial charge in [-0.25, -0.2) is 4.98 Å². The Labute approximate surface area is 197 Å². The van der Waals surface area contributed by atoms with E-state index in [1.54, 1.807) is 11.3 Å². The molecule has 0 radical (unpaired) electrons. The van der Waals surface area contributed by atoms with Crippen molar-refractivity contribution >= 4 is 32.6 Å². The van der Waals surface area contributed by atoms with Gasteiger partial charge < -0.3 is 14.2 Å². The molecule has 1 amide bonds. The van der Waals surface area contributed by atoms with Gasteiger partial charge in [0, 0.05) is 26.2 Å². The summed E-state index contributed by atoms with van der Waals surface area (Å²) in [6.45, 7) is 9.44. The first-order valence-electron chi connectivity index (χ1n) is 11.4. The summed E-state index contributed by atoms with van der Waals surface area (Å²) in [5.41, 5.74) is 4.25. The minimum absolute atomic E-state index is 0.0456. The molecule has 2 aliphatic rings. The summed E-state index contributed by atoms with van der Waals surface area (Å²) in [7, 11) is 0. The molecule has 8 heteroatoms. The monoisotopic (exact) mass is 467 g/mol. The van der Waals surface area contributed by atoms with Crippen molar-refractivity contribution in [1.29, 1.82) is 0 Å². The van der Waals surface area contributed by atoms with Crippen LogP contribution < -0.4 is 14.4 Å². The number of hydrogen-bond acceptors (Lipinski definition) is 7. The molecular weight excluding hydrogens is 438 g/mol. The number of benzene rings is 2. The smallest absolute Gasteiger partial charge is 0.233 e. The minimum atomic E-state index is 0.0456. The molecule has 33 heavy (non-hydrogen) atoms. The van der Waals surface area contributed by atoms with Crippen LogP contribution in [0.4, 0.5) is 5.13 Å². The van der Waals surface area contributed by atoms with E-state index in [2.05, 4.69) is 30.9 Å². The predicted octanol–water partition coefficient (Wildman–Crippen LogP) is 3.94. The number of fused-ring (bicyclic) bond motifs is 2. The second-order valence-electron chi connectivity index (χ2n) is 8.64. The van der Waals surface area contributed by atoms with Gasteiger partial charge in [0.2, 0.25) is 12.7 Å². The fourth-order valence-electron chi connectivity index (χ4n) is 4.40. The van der Waals surface area contributed by atoms with E-state index >= 15 is 0 Å². The van der Waals surface area contributed by atoms with Crippen LogP contribution >= 0.6 is 11.3 Å². The second-order valence-corrected chi connectivity index (χ2v) is 9.65. The van der Waals surface area contributed by atoms with Crippen molar-refractivity contribution in [1.82, 2.24) is 9.88 Å². The summed E-state index contributed by atoms with van der Waals surface area (Å²) in [6.07, 6.45) is 1.18. The van der Waals surface area contributed by atoms with Gasteiger partial charge in [-0.05, 0) is 55.2 Å². The van der Waals surface area contributed by atoms with Gasteiger partial charge in [-0.3, -0.25) is 14.6 Å². The van der Waals surface area contributed by atoms with Crippen LogP contribution in [-0.2, 0) is 16.0 Å². The molecule has 0 atom stereocenters. The highest BCUT2D eigenvalue weighted by Gasteiger charge is 2.22. The van der Waals surface area contributed by atoms with E-state index in [1.165, 1.54) is 5.56 Å². The molecule has 0 spiro atoms. The maximum Gasteiger partial charge on any atom is 0.233 e. The van der Waals surface area contributed by atoms with Crippen LogP contribution in [0.5, 0.6) is 11.5 Å². The topological polar surface area (TPSA) is 64.1 Å². The summed E-state index contributed by atoms with van der Waals surface area (Å²) >= 11 is 1.59. The van der Waals surface area contributed by atoms with Crippen LogP contribution in [0.15, 0.2) is 30.3 Å². The van der Waals surface area contributed by atoms with Crippen molar-refractivity contribution in [3.8, 4) is 11.5 Å². The Kier molecular flexibility index (Phi) is 6.48. The molecule has 0 N–H and O–H groups in total. The summed E-state index contributed by atoms with van der Waals surface area (Å²) in [5.74, 6) is 1.47. The fourth-order valence-corrected chi connectivity index (χ4v) is 5.58. The van der Waals surface area contributed by atoms with Crippen molar-refractivity contribution in [2.24, 2.45) is 0 Å². The molecule has 0 bridgehead atoms. The molecule has 2 aliphatic heterocycles. The van der Waals surface area contributed by atoms with Crippen molar-refractivity contribution in [2.75, 3.05) is 51.1 Å². The van der Waals surface area contributed by atoms with Crippen LogP contribution in [0.2, 0.25) is 0 Å². The van der Waals surface area contributed by atoms with Gasteiger partial charge in [0.25, 0.3) is 0 Å². The lowest BCUT2D eigenvalue weighted by Crippen LogP contribution is -2.39. The molecule has 0 unspecified atom stereocenters. The van der Waals surface area contributed by atoms with Gasteiger partial charge in [0.15, 0.2) is 16.6 Å². The van der Waals surface area contributed by atoms with E-state index in [-0.39, 0.29) is 12.7 Å². The summed E-state index contributed by atoms with van der Waals surface area (Å²) < 4.78 is 17.5. The molecule has 1 aromatic heterocycles. The van der Waals surface area contributed by atoms with E-state index in [9.17, 15) is 4.79 Å². The predicted molar refractivity (Wildman–Crippen MR) is 130 cm³/mol. The molecule has 0 aliphatic carbocycles. The first-order chi connectivity index (χ1) is 16.1. The average molecular weight is 468 g/mol. The van der Waals surface area contributed by atoms with E-state index in [0.717, 1.165) is 71.5 Å². The number of aromatic nitrogens is 1. The molecule has 3 aromatic rings. The SMILES string of the molecule is Cc1cc(C)c2nc(N(CCCN3CCOCC3)C(=O)Cc3ccc4c(c3)OCO4)sc2c1. The van der Waals surface area contributed by atoms with Gasteiger partial charge in [-0.1, -0.05) is 23.5 Å². The van der Waals surface area contributed by atoms with Crippen molar-refractivity contribution in [3.05, 3.63) is 47.0 Å². The van der Waals surface area contributed by atoms with Crippen LogP contribution in [0.3, 0.4) is 0 Å². The first-order valence-corrected chi connectivity index (χ1v) is 12.3. The van der Waals surface area contributed by atoms with Gasteiger partial charge in [-0.2, -0.15) is 0 Å². The largest absolute Gasteiger partial charge is 0.454 e. The first kappa shape index (κ1) is 22.1. The molecule has 0 saturated carbocycles. The third-order valence-electron chi connectivity index (χ3n) is 6.10. The standard InChI is InChI=1S/C25H29N3O4S/c1-17-12-18(2)24-22(13-17)33-25(26-24)28(7-3-6-27-8-10-30-11-9-27)23(29)15-19-4-5-20-21(14-19)32-16-31-20/h4-5,12-14H,3,6-11,15-16H2,1-2H3. The van der Waals surface area contributed by atoms with Gasteiger partial charge >= 0.3 is 0 Å². The van der Waals surface area contributed by atoms with Gasteiger partial charge in [-0.15, -0.1) is 0 Å².